The molecule has 1 fully saturated rings. The molecule has 134 valence electrons. The Kier molecular flexibility index (Phi) is 7.15. The number of nitrogens with two attached hydrogens (primary N) is 1. The highest BCUT2D eigenvalue weighted by molar-refractivity contribution is 5.94. The molecule has 6 heteroatoms. The summed E-state index contributed by atoms with van der Waals surface area (Å²) in [6.07, 6.45) is 2.00. The molecule has 2 atom stereocenters. The number of benzene rings is 1. The van der Waals surface area contributed by atoms with Crippen LogP contribution in [0.1, 0.15) is 35.7 Å². The number of piperidine rings is 1. The van der Waals surface area contributed by atoms with Gasteiger partial charge in [-0.1, -0.05) is 0 Å². The van der Waals surface area contributed by atoms with Crippen LogP contribution in [0.15, 0.2) is 18.2 Å². The fraction of sp³-hybridized carbons (Fsp3) is 0.611. The fourth-order valence-corrected chi connectivity index (χ4v) is 2.95. The Morgan fingerprint density at radius 2 is 2.25 bits per heavy atom. The Morgan fingerprint density at radius 1 is 1.46 bits per heavy atom. The van der Waals surface area contributed by atoms with Crippen LogP contribution in [0.5, 0.6) is 0 Å². The molecule has 5 nitrogen and oxygen atoms in total. The molecule has 1 aromatic rings. The molecule has 0 saturated carbocycles. The van der Waals surface area contributed by atoms with Crippen LogP contribution >= 0.6 is 0 Å². The quantitative estimate of drug-likeness (QED) is 0.774. The lowest BCUT2D eigenvalue weighted by atomic mass is 9.92. The van der Waals surface area contributed by atoms with E-state index >= 15 is 0 Å². The minimum absolute atomic E-state index is 0.0681. The molecule has 0 aliphatic carbocycles. The van der Waals surface area contributed by atoms with E-state index in [1.165, 1.54) is 12.1 Å². The highest BCUT2D eigenvalue weighted by Gasteiger charge is 2.26. The van der Waals surface area contributed by atoms with E-state index in [0.29, 0.717) is 36.8 Å². The number of halogens is 1. The zero-order valence-corrected chi connectivity index (χ0v) is 14.5. The lowest BCUT2D eigenvalue weighted by Crippen LogP contribution is -2.45. The van der Waals surface area contributed by atoms with Crippen molar-refractivity contribution < 1.29 is 18.7 Å². The van der Waals surface area contributed by atoms with E-state index in [1.54, 1.807) is 13.2 Å². The first kappa shape index (κ1) is 18.8. The van der Waals surface area contributed by atoms with Gasteiger partial charge >= 0.3 is 0 Å². The number of rotatable bonds is 7. The van der Waals surface area contributed by atoms with Gasteiger partial charge in [0.2, 0.25) is 0 Å². The predicted octanol–water partition coefficient (Wildman–Crippen LogP) is 2.19. The summed E-state index contributed by atoms with van der Waals surface area (Å²) in [6, 6.07) is 4.51. The van der Waals surface area contributed by atoms with Crippen LogP contribution < -0.4 is 5.73 Å². The molecule has 1 heterocycles. The normalized spacial score (nSPS) is 19.3. The Balaban J connectivity index is 2.03. The Hall–Kier alpha value is -1.50. The van der Waals surface area contributed by atoms with E-state index in [2.05, 4.69) is 0 Å². The molecule has 1 aliphatic rings. The minimum atomic E-state index is -0.365. The number of nitrogens with zero attached hydrogens (tertiary/aromatic N) is 1. The molecule has 24 heavy (non-hydrogen) atoms. The van der Waals surface area contributed by atoms with Crippen LogP contribution in [0.4, 0.5) is 4.39 Å². The second-order valence-corrected chi connectivity index (χ2v) is 6.36. The number of hydrogen-bond acceptors (Lipinski definition) is 4. The Bertz CT molecular complexity index is 551. The van der Waals surface area contributed by atoms with Crippen molar-refractivity contribution >= 4 is 5.91 Å². The van der Waals surface area contributed by atoms with Crippen molar-refractivity contribution in [1.29, 1.82) is 0 Å². The fourth-order valence-electron chi connectivity index (χ4n) is 2.95. The number of hydrogen-bond donors (Lipinski definition) is 1. The largest absolute Gasteiger partial charge is 0.382 e. The molecule has 2 rings (SSSR count). The lowest BCUT2D eigenvalue weighted by molar-refractivity contribution is 0.0600. The Labute approximate surface area is 142 Å². The lowest BCUT2D eigenvalue weighted by Gasteiger charge is -2.34. The van der Waals surface area contributed by atoms with Crippen molar-refractivity contribution in [3.63, 3.8) is 0 Å². The van der Waals surface area contributed by atoms with Crippen LogP contribution in [-0.4, -0.2) is 50.3 Å². The van der Waals surface area contributed by atoms with Gasteiger partial charge in [-0.15, -0.1) is 0 Å². The summed E-state index contributed by atoms with van der Waals surface area (Å²) < 4.78 is 24.2. The third-order valence-corrected chi connectivity index (χ3v) is 4.47. The van der Waals surface area contributed by atoms with Gasteiger partial charge in [0.15, 0.2) is 0 Å². The molecule has 0 aromatic heterocycles. The van der Waals surface area contributed by atoms with Gasteiger partial charge in [-0.25, -0.2) is 4.39 Å². The van der Waals surface area contributed by atoms with Gasteiger partial charge in [-0.2, -0.15) is 0 Å². The van der Waals surface area contributed by atoms with Crippen LogP contribution in [0.3, 0.4) is 0 Å². The number of ether oxygens (including phenoxy) is 2. The maximum absolute atomic E-state index is 13.9. The SMILES string of the molecule is COCCOCc1cc(C(=O)N2CCCC(C(C)N)C2)ccc1F. The number of amides is 1. The molecule has 2 unspecified atom stereocenters. The standard InChI is InChI=1S/C18H27FN2O3/c1-13(20)15-4-3-7-21(11-15)18(22)14-5-6-17(19)16(10-14)12-24-9-8-23-2/h5-6,10,13,15H,3-4,7-9,11-12,20H2,1-2H3. The van der Waals surface area contributed by atoms with Crippen molar-refractivity contribution in [2.75, 3.05) is 33.4 Å². The summed E-state index contributed by atoms with van der Waals surface area (Å²) in [7, 11) is 1.58. The molecular formula is C18H27FN2O3. The summed E-state index contributed by atoms with van der Waals surface area (Å²) in [6.45, 7) is 4.32. The summed E-state index contributed by atoms with van der Waals surface area (Å²) in [4.78, 5) is 14.5. The van der Waals surface area contributed by atoms with E-state index in [0.717, 1.165) is 19.4 Å². The summed E-state index contributed by atoms with van der Waals surface area (Å²) in [5.74, 6) is -0.116. The first-order valence-electron chi connectivity index (χ1n) is 8.43. The van der Waals surface area contributed by atoms with Gasteiger partial charge in [0, 0.05) is 37.4 Å². The minimum Gasteiger partial charge on any atom is -0.382 e. The van der Waals surface area contributed by atoms with E-state index < -0.39 is 0 Å². The van der Waals surface area contributed by atoms with Gasteiger partial charge in [-0.3, -0.25) is 4.79 Å². The maximum atomic E-state index is 13.9. The Morgan fingerprint density at radius 3 is 2.96 bits per heavy atom. The summed E-state index contributed by atoms with van der Waals surface area (Å²) >= 11 is 0. The van der Waals surface area contributed by atoms with E-state index in [9.17, 15) is 9.18 Å². The summed E-state index contributed by atoms with van der Waals surface area (Å²) in [5, 5.41) is 0. The van der Waals surface area contributed by atoms with Crippen molar-refractivity contribution in [3.8, 4) is 0 Å². The third kappa shape index (κ3) is 5.00. The smallest absolute Gasteiger partial charge is 0.253 e. The predicted molar refractivity (Wildman–Crippen MR) is 90.2 cm³/mol. The highest BCUT2D eigenvalue weighted by Crippen LogP contribution is 2.21. The number of likely N-dealkylation sites (tertiary alicyclic amines) is 1. The van der Waals surface area contributed by atoms with Gasteiger partial charge < -0.3 is 20.1 Å². The molecule has 1 aliphatic heterocycles. The average molecular weight is 338 g/mol. The van der Waals surface area contributed by atoms with Gasteiger partial charge in [-0.05, 0) is 43.9 Å². The molecule has 1 amide bonds. The molecule has 2 N–H and O–H groups in total. The zero-order valence-electron chi connectivity index (χ0n) is 14.5. The molecule has 0 radical (unpaired) electrons. The molecule has 1 saturated heterocycles. The number of carbonyl (C=O) groups excluding carboxylic acids is 1. The van der Waals surface area contributed by atoms with Gasteiger partial charge in [0.25, 0.3) is 5.91 Å². The second kappa shape index (κ2) is 9.11. The van der Waals surface area contributed by atoms with E-state index in [4.69, 9.17) is 15.2 Å². The van der Waals surface area contributed by atoms with E-state index in [-0.39, 0.29) is 24.4 Å². The van der Waals surface area contributed by atoms with Crippen molar-refractivity contribution in [2.24, 2.45) is 11.7 Å². The molecule has 0 bridgehead atoms. The van der Waals surface area contributed by atoms with Crippen LogP contribution in [0.2, 0.25) is 0 Å². The average Bonchev–Trinajstić information content (AvgIpc) is 2.59. The first-order chi connectivity index (χ1) is 11.5. The van der Waals surface area contributed by atoms with Crippen LogP contribution in [0.25, 0.3) is 0 Å². The number of carbonyl (C=O) groups is 1. The monoisotopic (exact) mass is 338 g/mol. The third-order valence-electron chi connectivity index (χ3n) is 4.47. The molecular weight excluding hydrogens is 311 g/mol. The molecule has 1 aromatic carbocycles. The van der Waals surface area contributed by atoms with Gasteiger partial charge in [0.05, 0.1) is 19.8 Å². The zero-order chi connectivity index (χ0) is 17.5. The topological polar surface area (TPSA) is 64.8 Å². The van der Waals surface area contributed by atoms with Gasteiger partial charge in [0.1, 0.15) is 5.82 Å². The maximum Gasteiger partial charge on any atom is 0.253 e. The number of methoxy groups -OCH3 is 1. The highest BCUT2D eigenvalue weighted by atomic mass is 19.1. The second-order valence-electron chi connectivity index (χ2n) is 6.36. The summed E-state index contributed by atoms with van der Waals surface area (Å²) in [5.41, 5.74) is 6.86. The van der Waals surface area contributed by atoms with Crippen molar-refractivity contribution in [3.05, 3.63) is 35.1 Å². The van der Waals surface area contributed by atoms with Crippen LogP contribution in [0, 0.1) is 11.7 Å². The first-order valence-corrected chi connectivity index (χ1v) is 8.43. The molecule has 0 spiro atoms. The van der Waals surface area contributed by atoms with Crippen LogP contribution in [-0.2, 0) is 16.1 Å². The van der Waals surface area contributed by atoms with E-state index in [1.807, 2.05) is 11.8 Å². The van der Waals surface area contributed by atoms with Crippen molar-refractivity contribution in [1.82, 2.24) is 4.90 Å². The van der Waals surface area contributed by atoms with Crippen molar-refractivity contribution in [2.45, 2.75) is 32.4 Å².